The number of nitrogens with zero attached hydrogens (tertiary/aromatic N) is 1. The first-order valence-corrected chi connectivity index (χ1v) is 6.30. The second-order valence-electron chi connectivity index (χ2n) is 4.92. The molecule has 0 bridgehead atoms. The Balaban J connectivity index is 2.75. The van der Waals surface area contributed by atoms with Gasteiger partial charge in [0.2, 0.25) is 0 Å². The number of amides is 1. The van der Waals surface area contributed by atoms with E-state index < -0.39 is 0 Å². The quantitative estimate of drug-likeness (QED) is 0.459. The van der Waals surface area contributed by atoms with E-state index in [-0.39, 0.29) is 5.91 Å². The minimum absolute atomic E-state index is 0.299. The lowest BCUT2D eigenvalue weighted by molar-refractivity contribution is 0.0921. The number of carbonyl (C=O) groups is 1. The molecule has 1 heterocycles. The second-order valence-corrected chi connectivity index (χ2v) is 4.92. The fourth-order valence-electron chi connectivity index (χ4n) is 1.96. The van der Waals surface area contributed by atoms with Crippen molar-refractivity contribution in [3.05, 3.63) is 23.2 Å². The lowest BCUT2D eigenvalue weighted by Gasteiger charge is -2.21. The van der Waals surface area contributed by atoms with Gasteiger partial charge in [-0.15, -0.1) is 0 Å². The number of hydrazine groups is 1. The lowest BCUT2D eigenvalue weighted by Crippen LogP contribution is -2.30. The Morgan fingerprint density at radius 2 is 2.22 bits per heavy atom. The fraction of sp³-hybridized carbons (Fsp3) is 0.615. The van der Waals surface area contributed by atoms with Crippen molar-refractivity contribution in [3.8, 4) is 0 Å². The summed E-state index contributed by atoms with van der Waals surface area (Å²) >= 11 is 0. The molecule has 18 heavy (non-hydrogen) atoms. The average molecular weight is 253 g/mol. The molecule has 0 atom stereocenters. The molecule has 3 N–H and O–H groups in total. The minimum Gasteiger partial charge on any atom is -0.454 e. The summed E-state index contributed by atoms with van der Waals surface area (Å²) in [6.07, 6.45) is 0. The average Bonchev–Trinajstić information content (AvgIpc) is 2.67. The van der Waals surface area contributed by atoms with Gasteiger partial charge >= 0.3 is 5.91 Å². The number of carbonyl (C=O) groups excluding carboxylic acids is 1. The van der Waals surface area contributed by atoms with E-state index in [1.54, 1.807) is 0 Å². The Hall–Kier alpha value is -1.33. The largest absolute Gasteiger partial charge is 0.454 e. The molecule has 0 aliphatic heterocycles. The molecule has 0 saturated carbocycles. The van der Waals surface area contributed by atoms with Gasteiger partial charge in [-0.3, -0.25) is 15.1 Å². The van der Waals surface area contributed by atoms with Gasteiger partial charge in [-0.2, -0.15) is 0 Å². The Morgan fingerprint density at radius 3 is 2.72 bits per heavy atom. The Morgan fingerprint density at radius 1 is 1.56 bits per heavy atom. The number of furan rings is 1. The van der Waals surface area contributed by atoms with Gasteiger partial charge in [-0.1, -0.05) is 20.8 Å². The van der Waals surface area contributed by atoms with Gasteiger partial charge in [0.25, 0.3) is 0 Å². The van der Waals surface area contributed by atoms with Gasteiger partial charge in [0.05, 0.1) is 6.54 Å². The number of nitrogens with one attached hydrogen (secondary N) is 1. The lowest BCUT2D eigenvalue weighted by atomic mass is 10.2. The topological polar surface area (TPSA) is 71.5 Å². The third kappa shape index (κ3) is 3.85. The third-order valence-electron chi connectivity index (χ3n) is 2.76. The monoisotopic (exact) mass is 253 g/mol. The van der Waals surface area contributed by atoms with E-state index in [2.05, 4.69) is 31.1 Å². The van der Waals surface area contributed by atoms with Crippen molar-refractivity contribution in [1.82, 2.24) is 10.3 Å². The predicted molar refractivity (Wildman–Crippen MR) is 70.9 cm³/mol. The molecule has 0 spiro atoms. The van der Waals surface area contributed by atoms with E-state index >= 15 is 0 Å². The highest BCUT2D eigenvalue weighted by molar-refractivity contribution is 5.92. The van der Waals surface area contributed by atoms with Gasteiger partial charge in [0, 0.05) is 12.1 Å². The summed E-state index contributed by atoms with van der Waals surface area (Å²) in [4.78, 5) is 13.7. The Bertz CT molecular complexity index is 399. The molecule has 0 radical (unpaired) electrons. The van der Waals surface area contributed by atoms with Crippen LogP contribution in [0.3, 0.4) is 0 Å². The number of nitrogen functional groups attached to an aromatic ring is 1. The highest BCUT2D eigenvalue weighted by Gasteiger charge is 2.16. The Kier molecular flexibility index (Phi) is 5.37. The first-order chi connectivity index (χ1) is 8.47. The SMILES string of the molecule is CCN(Cc1cc(C)c(C(=O)NN)o1)CC(C)C. The second kappa shape index (κ2) is 6.56. The number of hydrogen-bond donors (Lipinski definition) is 2. The first kappa shape index (κ1) is 14.7. The standard InChI is InChI=1S/C13H23N3O2/c1-5-16(7-9(2)3)8-11-6-10(4)12(18-11)13(17)15-14/h6,9H,5,7-8,14H2,1-4H3,(H,15,17). The maximum absolute atomic E-state index is 11.4. The summed E-state index contributed by atoms with van der Waals surface area (Å²) in [6, 6.07) is 1.90. The van der Waals surface area contributed by atoms with E-state index in [4.69, 9.17) is 10.3 Å². The molecule has 0 saturated heterocycles. The summed E-state index contributed by atoms with van der Waals surface area (Å²) < 4.78 is 5.55. The van der Waals surface area contributed by atoms with Gasteiger partial charge in [0.1, 0.15) is 5.76 Å². The third-order valence-corrected chi connectivity index (χ3v) is 2.76. The van der Waals surface area contributed by atoms with Crippen molar-refractivity contribution in [2.45, 2.75) is 34.2 Å². The molecular weight excluding hydrogens is 230 g/mol. The molecule has 1 aromatic rings. The van der Waals surface area contributed by atoms with E-state index in [1.165, 1.54) is 0 Å². The van der Waals surface area contributed by atoms with E-state index in [9.17, 15) is 4.79 Å². The van der Waals surface area contributed by atoms with Crippen molar-refractivity contribution in [3.63, 3.8) is 0 Å². The number of hydrogen-bond acceptors (Lipinski definition) is 4. The molecule has 0 fully saturated rings. The van der Waals surface area contributed by atoms with Crippen LogP contribution in [0.5, 0.6) is 0 Å². The number of aryl methyl sites for hydroxylation is 1. The van der Waals surface area contributed by atoms with Crippen molar-refractivity contribution < 1.29 is 9.21 Å². The molecule has 0 aliphatic carbocycles. The smallest absolute Gasteiger partial charge is 0.301 e. The van der Waals surface area contributed by atoms with Crippen LogP contribution in [0.1, 0.15) is 42.6 Å². The maximum Gasteiger partial charge on any atom is 0.301 e. The van der Waals surface area contributed by atoms with Crippen molar-refractivity contribution >= 4 is 5.91 Å². The normalized spacial score (nSPS) is 11.3. The van der Waals surface area contributed by atoms with Crippen molar-refractivity contribution in [2.24, 2.45) is 11.8 Å². The van der Waals surface area contributed by atoms with Gasteiger partial charge in [-0.05, 0) is 25.5 Å². The summed E-state index contributed by atoms with van der Waals surface area (Å²) in [6.45, 7) is 11.0. The van der Waals surface area contributed by atoms with Crippen LogP contribution < -0.4 is 11.3 Å². The van der Waals surface area contributed by atoms with Gasteiger partial charge in [-0.25, -0.2) is 5.84 Å². The van der Waals surface area contributed by atoms with Gasteiger partial charge in [0.15, 0.2) is 5.76 Å². The molecule has 0 unspecified atom stereocenters. The number of rotatable bonds is 6. The zero-order valence-electron chi connectivity index (χ0n) is 11.6. The van der Waals surface area contributed by atoms with Crippen LogP contribution in [0.4, 0.5) is 0 Å². The van der Waals surface area contributed by atoms with Crippen LogP contribution in [-0.4, -0.2) is 23.9 Å². The van der Waals surface area contributed by atoms with Crippen LogP contribution in [0.2, 0.25) is 0 Å². The van der Waals surface area contributed by atoms with Crippen LogP contribution >= 0.6 is 0 Å². The molecule has 1 rings (SSSR count). The zero-order chi connectivity index (χ0) is 13.7. The van der Waals surface area contributed by atoms with E-state index in [0.29, 0.717) is 18.2 Å². The zero-order valence-corrected chi connectivity index (χ0v) is 11.6. The molecule has 0 aromatic carbocycles. The van der Waals surface area contributed by atoms with Crippen LogP contribution in [0.25, 0.3) is 0 Å². The molecule has 1 aromatic heterocycles. The fourth-order valence-corrected chi connectivity index (χ4v) is 1.96. The molecule has 5 heteroatoms. The molecule has 102 valence electrons. The Labute approximate surface area is 108 Å². The molecule has 5 nitrogen and oxygen atoms in total. The van der Waals surface area contributed by atoms with Crippen molar-refractivity contribution in [2.75, 3.05) is 13.1 Å². The van der Waals surface area contributed by atoms with Crippen LogP contribution in [-0.2, 0) is 6.54 Å². The summed E-state index contributed by atoms with van der Waals surface area (Å²) in [5.74, 6) is 6.43. The minimum atomic E-state index is -0.384. The summed E-state index contributed by atoms with van der Waals surface area (Å²) in [7, 11) is 0. The van der Waals surface area contributed by atoms with E-state index in [1.807, 2.05) is 13.0 Å². The summed E-state index contributed by atoms with van der Waals surface area (Å²) in [5, 5.41) is 0. The maximum atomic E-state index is 11.4. The summed E-state index contributed by atoms with van der Waals surface area (Å²) in [5.41, 5.74) is 2.90. The van der Waals surface area contributed by atoms with Crippen LogP contribution in [0.15, 0.2) is 10.5 Å². The first-order valence-electron chi connectivity index (χ1n) is 6.30. The van der Waals surface area contributed by atoms with E-state index in [0.717, 1.165) is 24.4 Å². The number of nitrogens with two attached hydrogens (primary N) is 1. The predicted octanol–water partition coefficient (Wildman–Crippen LogP) is 1.67. The molecule has 0 aliphatic rings. The highest BCUT2D eigenvalue weighted by Crippen LogP contribution is 2.16. The molecule has 1 amide bonds. The van der Waals surface area contributed by atoms with Crippen LogP contribution in [0, 0.1) is 12.8 Å². The van der Waals surface area contributed by atoms with Crippen molar-refractivity contribution in [1.29, 1.82) is 0 Å². The highest BCUT2D eigenvalue weighted by atomic mass is 16.4. The molecular formula is C13H23N3O2. The van der Waals surface area contributed by atoms with Gasteiger partial charge < -0.3 is 4.42 Å².